The molecule has 0 aliphatic carbocycles. The van der Waals surface area contributed by atoms with Crippen LogP contribution in [0.25, 0.3) is 0 Å². The molecule has 0 saturated carbocycles. The largest absolute Gasteiger partial charge is 0.386 e. The van der Waals surface area contributed by atoms with Crippen LogP contribution in [0.3, 0.4) is 0 Å². The lowest BCUT2D eigenvalue weighted by molar-refractivity contribution is 0.0825. The molecule has 1 nitrogen and oxygen atoms in total. The summed E-state index contributed by atoms with van der Waals surface area (Å²) in [6, 6.07) is 0. The van der Waals surface area contributed by atoms with E-state index >= 15 is 0 Å². The van der Waals surface area contributed by atoms with Crippen LogP contribution < -0.4 is 0 Å². The zero-order valence-corrected chi connectivity index (χ0v) is 7.93. The smallest absolute Gasteiger partial charge is 0.0822 e. The molecule has 0 aromatic carbocycles. The van der Waals surface area contributed by atoms with Gasteiger partial charge in [-0.3, -0.25) is 0 Å². The Balaban J connectivity index is 3.85. The van der Waals surface area contributed by atoms with Crippen LogP contribution in [0.2, 0.25) is 0 Å². The Labute approximate surface area is 70.1 Å². The molecule has 0 radical (unpaired) electrons. The van der Waals surface area contributed by atoms with Crippen LogP contribution in [-0.4, -0.2) is 10.7 Å². The summed E-state index contributed by atoms with van der Waals surface area (Å²) < 4.78 is 0. The molecule has 0 rings (SSSR count). The number of unbranched alkanes of at least 4 members (excludes halogenated alkanes) is 1. The van der Waals surface area contributed by atoms with E-state index in [9.17, 15) is 5.11 Å². The summed E-state index contributed by atoms with van der Waals surface area (Å²) in [7, 11) is 0. The molecule has 0 bridgehead atoms. The number of aliphatic hydroxyl groups is 1. The van der Waals surface area contributed by atoms with Gasteiger partial charge in [0.2, 0.25) is 0 Å². The zero-order chi connectivity index (χ0) is 8.74. The van der Waals surface area contributed by atoms with Crippen molar-refractivity contribution in [3.05, 3.63) is 12.2 Å². The Bertz CT molecular complexity index is 112. The summed E-state index contributed by atoms with van der Waals surface area (Å²) >= 11 is 0. The maximum atomic E-state index is 9.77. The van der Waals surface area contributed by atoms with E-state index in [0.717, 1.165) is 25.7 Å². The maximum Gasteiger partial charge on any atom is 0.0822 e. The average molecular weight is 156 g/mol. The summed E-state index contributed by atoms with van der Waals surface area (Å²) in [5.41, 5.74) is -0.546. The minimum atomic E-state index is -0.546. The predicted molar refractivity (Wildman–Crippen MR) is 49.6 cm³/mol. The molecule has 0 fully saturated rings. The summed E-state index contributed by atoms with van der Waals surface area (Å²) in [6.45, 7) is 6.17. The lowest BCUT2D eigenvalue weighted by Gasteiger charge is -2.20. The molecule has 0 aromatic heterocycles. The molecule has 1 N–H and O–H groups in total. The van der Waals surface area contributed by atoms with Gasteiger partial charge in [0.15, 0.2) is 0 Å². The highest BCUT2D eigenvalue weighted by Gasteiger charge is 2.16. The van der Waals surface area contributed by atoms with E-state index in [0.29, 0.717) is 0 Å². The van der Waals surface area contributed by atoms with Gasteiger partial charge in [0, 0.05) is 0 Å². The quantitative estimate of drug-likeness (QED) is 0.607. The molecule has 0 aromatic rings. The topological polar surface area (TPSA) is 20.2 Å². The minimum absolute atomic E-state index is 0.546. The summed E-state index contributed by atoms with van der Waals surface area (Å²) in [6.07, 6.45) is 7.86. The molecule has 1 heteroatoms. The summed E-state index contributed by atoms with van der Waals surface area (Å²) in [5.74, 6) is 0. The number of hydrogen-bond acceptors (Lipinski definition) is 1. The fourth-order valence-corrected chi connectivity index (χ4v) is 0.955. The molecule has 66 valence electrons. The Kier molecular flexibility index (Phi) is 5.22. The third-order valence-corrected chi connectivity index (χ3v) is 2.11. The number of allylic oxidation sites excluding steroid dienone is 1. The van der Waals surface area contributed by atoms with Crippen molar-refractivity contribution in [1.29, 1.82) is 0 Å². The highest BCUT2D eigenvalue weighted by atomic mass is 16.3. The van der Waals surface area contributed by atoms with E-state index in [2.05, 4.69) is 13.0 Å². The molecule has 0 unspecified atom stereocenters. The van der Waals surface area contributed by atoms with Gasteiger partial charge in [0.1, 0.15) is 0 Å². The highest BCUT2D eigenvalue weighted by Crippen LogP contribution is 2.16. The second kappa shape index (κ2) is 5.36. The Hall–Kier alpha value is -0.300. The molecule has 0 atom stereocenters. The van der Waals surface area contributed by atoms with Gasteiger partial charge in [-0.15, -0.1) is 0 Å². The second-order valence-electron chi connectivity index (χ2n) is 3.00. The van der Waals surface area contributed by atoms with Crippen LogP contribution in [0, 0.1) is 0 Å². The maximum absolute atomic E-state index is 9.77. The van der Waals surface area contributed by atoms with Crippen LogP contribution in [0.1, 0.15) is 46.5 Å². The zero-order valence-electron chi connectivity index (χ0n) is 7.93. The van der Waals surface area contributed by atoms with E-state index < -0.39 is 5.60 Å². The van der Waals surface area contributed by atoms with Crippen molar-refractivity contribution in [2.75, 3.05) is 0 Å². The molecule has 0 aliphatic heterocycles. The van der Waals surface area contributed by atoms with Gasteiger partial charge < -0.3 is 5.11 Å². The third kappa shape index (κ3) is 4.20. The van der Waals surface area contributed by atoms with E-state index in [-0.39, 0.29) is 0 Å². The predicted octanol–water partition coefficient (Wildman–Crippen LogP) is 2.89. The van der Waals surface area contributed by atoms with E-state index in [1.54, 1.807) is 0 Å². The SMILES string of the molecule is CCCC=CC(O)(CC)CC. The standard InChI is InChI=1S/C10H20O/c1-4-7-8-9-10(11,5-2)6-3/h8-9,11H,4-7H2,1-3H3. The average Bonchev–Trinajstić information content (AvgIpc) is 2.05. The van der Waals surface area contributed by atoms with Gasteiger partial charge >= 0.3 is 0 Å². The monoisotopic (exact) mass is 156 g/mol. The van der Waals surface area contributed by atoms with Crippen molar-refractivity contribution >= 4 is 0 Å². The second-order valence-corrected chi connectivity index (χ2v) is 3.00. The fraction of sp³-hybridized carbons (Fsp3) is 0.800. The molecule has 11 heavy (non-hydrogen) atoms. The molecule has 0 aliphatic rings. The molecule has 0 amide bonds. The van der Waals surface area contributed by atoms with Gasteiger partial charge in [-0.1, -0.05) is 39.3 Å². The van der Waals surface area contributed by atoms with Crippen molar-refractivity contribution in [1.82, 2.24) is 0 Å². The summed E-state index contributed by atoms with van der Waals surface area (Å²) in [4.78, 5) is 0. The molecule has 0 saturated heterocycles. The van der Waals surface area contributed by atoms with E-state index in [1.807, 2.05) is 19.9 Å². The fourth-order valence-electron chi connectivity index (χ4n) is 0.955. The lowest BCUT2D eigenvalue weighted by Crippen LogP contribution is -2.22. The van der Waals surface area contributed by atoms with Crippen molar-refractivity contribution in [3.8, 4) is 0 Å². The van der Waals surface area contributed by atoms with Gasteiger partial charge in [0.25, 0.3) is 0 Å². The Morgan fingerprint density at radius 3 is 2.09 bits per heavy atom. The molecule has 0 heterocycles. The number of rotatable bonds is 5. The normalized spacial score (nSPS) is 12.7. The van der Waals surface area contributed by atoms with Crippen molar-refractivity contribution in [2.24, 2.45) is 0 Å². The van der Waals surface area contributed by atoms with Crippen LogP contribution in [0.5, 0.6) is 0 Å². The first kappa shape index (κ1) is 10.7. The van der Waals surface area contributed by atoms with Crippen molar-refractivity contribution < 1.29 is 5.11 Å². The van der Waals surface area contributed by atoms with Gasteiger partial charge in [-0.25, -0.2) is 0 Å². The van der Waals surface area contributed by atoms with Gasteiger partial charge in [-0.05, 0) is 19.3 Å². The lowest BCUT2D eigenvalue weighted by atomic mass is 9.97. The van der Waals surface area contributed by atoms with Crippen molar-refractivity contribution in [2.45, 2.75) is 52.1 Å². The Morgan fingerprint density at radius 1 is 1.18 bits per heavy atom. The van der Waals surface area contributed by atoms with Crippen LogP contribution in [0.15, 0.2) is 12.2 Å². The highest BCUT2D eigenvalue weighted by molar-refractivity contribution is 4.99. The van der Waals surface area contributed by atoms with Crippen LogP contribution >= 0.6 is 0 Å². The molecular formula is C10H20O. The third-order valence-electron chi connectivity index (χ3n) is 2.11. The molecule has 0 spiro atoms. The summed E-state index contributed by atoms with van der Waals surface area (Å²) in [5, 5.41) is 9.77. The Morgan fingerprint density at radius 2 is 1.73 bits per heavy atom. The minimum Gasteiger partial charge on any atom is -0.386 e. The van der Waals surface area contributed by atoms with Crippen LogP contribution in [-0.2, 0) is 0 Å². The van der Waals surface area contributed by atoms with Crippen molar-refractivity contribution in [3.63, 3.8) is 0 Å². The number of hydrogen-bond donors (Lipinski definition) is 1. The first-order valence-corrected chi connectivity index (χ1v) is 4.58. The van der Waals surface area contributed by atoms with E-state index in [1.165, 1.54) is 0 Å². The molecular weight excluding hydrogens is 136 g/mol. The first-order valence-electron chi connectivity index (χ1n) is 4.58. The van der Waals surface area contributed by atoms with E-state index in [4.69, 9.17) is 0 Å². The van der Waals surface area contributed by atoms with Gasteiger partial charge in [0.05, 0.1) is 5.60 Å². The first-order chi connectivity index (χ1) is 5.18. The van der Waals surface area contributed by atoms with Crippen LogP contribution in [0.4, 0.5) is 0 Å². The van der Waals surface area contributed by atoms with Gasteiger partial charge in [-0.2, -0.15) is 0 Å².